The number of rotatable bonds is 3. The summed E-state index contributed by atoms with van der Waals surface area (Å²) in [7, 11) is 0. The second-order valence-corrected chi connectivity index (χ2v) is 9.02. The molecule has 0 unspecified atom stereocenters. The van der Waals surface area contributed by atoms with Crippen LogP contribution in [0.3, 0.4) is 0 Å². The van der Waals surface area contributed by atoms with Crippen LogP contribution >= 0.6 is 12.2 Å². The van der Waals surface area contributed by atoms with E-state index >= 15 is 0 Å². The molecule has 1 heterocycles. The van der Waals surface area contributed by atoms with Gasteiger partial charge in [0.15, 0.2) is 5.11 Å². The third kappa shape index (κ3) is 4.06. The van der Waals surface area contributed by atoms with Gasteiger partial charge in [0.1, 0.15) is 11.0 Å². The Morgan fingerprint density at radius 1 is 0.778 bits per heavy atom. The number of nitrogens with zero attached hydrogens (tertiary/aromatic N) is 3. The van der Waals surface area contributed by atoms with Crippen LogP contribution in [0.4, 0.5) is 5.69 Å². The Balaban J connectivity index is 1.24. The molecule has 0 saturated carbocycles. The molecule has 1 aromatic heterocycles. The van der Waals surface area contributed by atoms with Crippen molar-refractivity contribution < 1.29 is 4.79 Å². The summed E-state index contributed by atoms with van der Waals surface area (Å²) in [5.74, 6) is -0.265. The third-order valence-corrected chi connectivity index (χ3v) is 6.40. The van der Waals surface area contributed by atoms with E-state index in [1.165, 1.54) is 0 Å². The number of aromatic nitrogens is 3. The van der Waals surface area contributed by atoms with Crippen molar-refractivity contribution in [1.29, 1.82) is 0 Å². The predicted octanol–water partition coefficient (Wildman–Crippen LogP) is 6.16. The van der Waals surface area contributed by atoms with Crippen LogP contribution in [0.2, 0.25) is 0 Å². The van der Waals surface area contributed by atoms with Crippen molar-refractivity contribution in [2.45, 2.75) is 6.92 Å². The van der Waals surface area contributed by atoms with Gasteiger partial charge in [-0.3, -0.25) is 10.1 Å². The Hall–Kier alpha value is -4.62. The molecule has 7 heteroatoms. The molecule has 174 valence electrons. The Morgan fingerprint density at radius 2 is 1.47 bits per heavy atom. The van der Waals surface area contributed by atoms with Crippen molar-refractivity contribution in [3.8, 4) is 5.69 Å². The van der Waals surface area contributed by atoms with Crippen LogP contribution in [0.15, 0.2) is 97.1 Å². The molecule has 0 atom stereocenters. The first-order chi connectivity index (χ1) is 17.5. The van der Waals surface area contributed by atoms with E-state index in [1.807, 2.05) is 79.7 Å². The van der Waals surface area contributed by atoms with Gasteiger partial charge in [-0.05, 0) is 71.2 Å². The summed E-state index contributed by atoms with van der Waals surface area (Å²) in [6, 6.07) is 31.6. The lowest BCUT2D eigenvalue weighted by Gasteiger charge is -2.12. The third-order valence-electron chi connectivity index (χ3n) is 6.20. The molecule has 0 spiro atoms. The van der Waals surface area contributed by atoms with E-state index in [-0.39, 0.29) is 11.0 Å². The van der Waals surface area contributed by atoms with Crippen LogP contribution < -0.4 is 10.6 Å². The van der Waals surface area contributed by atoms with E-state index < -0.39 is 0 Å². The molecule has 0 saturated heterocycles. The van der Waals surface area contributed by atoms with E-state index in [9.17, 15) is 4.79 Å². The number of hydrogen-bond donors (Lipinski definition) is 2. The van der Waals surface area contributed by atoms with Gasteiger partial charge in [-0.25, -0.2) is 0 Å². The molecule has 0 radical (unpaired) electrons. The quantitative estimate of drug-likeness (QED) is 0.293. The molecule has 0 aliphatic heterocycles. The number of aryl methyl sites for hydroxylation is 1. The zero-order valence-electron chi connectivity index (χ0n) is 19.4. The van der Waals surface area contributed by atoms with Crippen molar-refractivity contribution in [3.05, 3.63) is 108 Å². The van der Waals surface area contributed by atoms with E-state index in [2.05, 4.69) is 28.8 Å². The summed E-state index contributed by atoms with van der Waals surface area (Å²) in [5, 5.41) is 19.8. The number of carbonyl (C=O) groups is 1. The SMILES string of the molecule is Cc1cc2nn(-c3cccc4ccccc34)nc2cc1NC(=S)NC(=O)c1ccc2ccccc2c1. The van der Waals surface area contributed by atoms with Crippen LogP contribution in [0, 0.1) is 6.92 Å². The first-order valence-electron chi connectivity index (χ1n) is 11.5. The number of carbonyl (C=O) groups excluding carboxylic acids is 1. The number of anilines is 1. The Bertz CT molecular complexity index is 1800. The van der Waals surface area contributed by atoms with Gasteiger partial charge in [0, 0.05) is 16.6 Å². The van der Waals surface area contributed by atoms with E-state index in [4.69, 9.17) is 22.4 Å². The number of thiocarbonyl (C=S) groups is 1. The Morgan fingerprint density at radius 3 is 2.31 bits per heavy atom. The maximum absolute atomic E-state index is 12.8. The molecular formula is C29H21N5OS. The van der Waals surface area contributed by atoms with E-state index in [0.29, 0.717) is 5.56 Å². The van der Waals surface area contributed by atoms with Crippen LogP contribution in [0.25, 0.3) is 38.3 Å². The zero-order valence-corrected chi connectivity index (χ0v) is 20.2. The molecule has 6 rings (SSSR count). The number of hydrogen-bond acceptors (Lipinski definition) is 4. The maximum atomic E-state index is 12.8. The van der Waals surface area contributed by atoms with Crippen molar-refractivity contribution in [3.63, 3.8) is 0 Å². The molecular weight excluding hydrogens is 466 g/mol. The summed E-state index contributed by atoms with van der Waals surface area (Å²) in [4.78, 5) is 14.5. The van der Waals surface area contributed by atoms with Crippen molar-refractivity contribution in [1.82, 2.24) is 20.3 Å². The summed E-state index contributed by atoms with van der Waals surface area (Å²) in [6.07, 6.45) is 0. The van der Waals surface area contributed by atoms with Crippen molar-refractivity contribution in [2.24, 2.45) is 0 Å². The molecule has 0 bridgehead atoms. The Kier molecular flexibility index (Phi) is 5.39. The average molecular weight is 488 g/mol. The monoisotopic (exact) mass is 487 g/mol. The van der Waals surface area contributed by atoms with E-state index in [0.717, 1.165) is 49.5 Å². The minimum Gasteiger partial charge on any atom is -0.332 e. The number of amides is 1. The lowest BCUT2D eigenvalue weighted by atomic mass is 10.1. The van der Waals surface area contributed by atoms with Gasteiger partial charge in [-0.1, -0.05) is 66.7 Å². The number of benzene rings is 5. The first kappa shape index (κ1) is 21.9. The largest absolute Gasteiger partial charge is 0.332 e. The van der Waals surface area contributed by atoms with Gasteiger partial charge in [0.05, 0.1) is 5.69 Å². The summed E-state index contributed by atoms with van der Waals surface area (Å²) < 4.78 is 0. The van der Waals surface area contributed by atoms with Crippen LogP contribution in [0.1, 0.15) is 15.9 Å². The van der Waals surface area contributed by atoms with Gasteiger partial charge < -0.3 is 5.32 Å². The van der Waals surface area contributed by atoms with Gasteiger partial charge >= 0.3 is 0 Å². The highest BCUT2D eigenvalue weighted by molar-refractivity contribution is 7.80. The molecule has 2 N–H and O–H groups in total. The second kappa shape index (κ2) is 8.87. The number of fused-ring (bicyclic) bond motifs is 3. The highest BCUT2D eigenvalue weighted by Gasteiger charge is 2.13. The maximum Gasteiger partial charge on any atom is 0.257 e. The smallest absolute Gasteiger partial charge is 0.257 e. The highest BCUT2D eigenvalue weighted by atomic mass is 32.1. The lowest BCUT2D eigenvalue weighted by molar-refractivity contribution is 0.0978. The number of nitrogens with one attached hydrogen (secondary N) is 2. The van der Waals surface area contributed by atoms with Gasteiger partial charge in [0.25, 0.3) is 5.91 Å². The van der Waals surface area contributed by atoms with Gasteiger partial charge in [-0.15, -0.1) is 15.0 Å². The predicted molar refractivity (Wildman–Crippen MR) is 149 cm³/mol. The topological polar surface area (TPSA) is 71.8 Å². The summed E-state index contributed by atoms with van der Waals surface area (Å²) >= 11 is 5.44. The first-order valence-corrected chi connectivity index (χ1v) is 11.9. The molecule has 6 aromatic rings. The normalized spacial score (nSPS) is 11.1. The Labute approximate surface area is 212 Å². The van der Waals surface area contributed by atoms with Gasteiger partial charge in [0.2, 0.25) is 0 Å². The minimum atomic E-state index is -0.265. The van der Waals surface area contributed by atoms with Crippen LogP contribution in [-0.2, 0) is 0 Å². The molecule has 1 amide bonds. The van der Waals surface area contributed by atoms with Crippen LogP contribution in [0.5, 0.6) is 0 Å². The molecule has 0 fully saturated rings. The fraction of sp³-hybridized carbons (Fsp3) is 0.0345. The molecule has 6 nitrogen and oxygen atoms in total. The average Bonchev–Trinajstić information content (AvgIpc) is 3.30. The van der Waals surface area contributed by atoms with Gasteiger partial charge in [-0.2, -0.15) is 0 Å². The fourth-order valence-electron chi connectivity index (χ4n) is 4.35. The van der Waals surface area contributed by atoms with E-state index in [1.54, 1.807) is 10.9 Å². The van der Waals surface area contributed by atoms with Crippen molar-refractivity contribution in [2.75, 3.05) is 5.32 Å². The molecule has 5 aromatic carbocycles. The second-order valence-electron chi connectivity index (χ2n) is 8.61. The zero-order chi connectivity index (χ0) is 24.6. The van der Waals surface area contributed by atoms with Crippen molar-refractivity contribution >= 4 is 61.5 Å². The lowest BCUT2D eigenvalue weighted by Crippen LogP contribution is -2.34. The minimum absolute atomic E-state index is 0.219. The van der Waals surface area contributed by atoms with Crippen LogP contribution in [-0.4, -0.2) is 26.0 Å². The molecule has 0 aliphatic carbocycles. The highest BCUT2D eigenvalue weighted by Crippen LogP contribution is 2.25. The fourth-order valence-corrected chi connectivity index (χ4v) is 4.56. The summed E-state index contributed by atoms with van der Waals surface area (Å²) in [6.45, 7) is 1.96. The molecule has 0 aliphatic rings. The summed E-state index contributed by atoms with van der Waals surface area (Å²) in [5.41, 5.74) is 4.65. The molecule has 36 heavy (non-hydrogen) atoms. The standard InChI is InChI=1S/C29H21N5OS/c1-18-15-25-26(33-34(32-25)27-12-6-10-20-8-4-5-11-23(20)27)17-24(18)30-29(36)31-28(35)22-14-13-19-7-2-3-9-21(19)16-22/h2-17H,1H3,(H2,30,31,35,36).